The third-order valence-electron chi connectivity index (χ3n) is 4.64. The molecule has 1 aromatic carbocycles. The fraction of sp³-hybridized carbons (Fsp3) is 0.318. The molecular formula is C22H23NO5S. The number of thiophene rings is 1. The fourth-order valence-corrected chi connectivity index (χ4v) is 4.25. The normalized spacial score (nSPS) is 15.4. The summed E-state index contributed by atoms with van der Waals surface area (Å²) in [6.07, 6.45) is 1.55. The second-order valence-corrected chi connectivity index (χ2v) is 8.77. The van der Waals surface area contributed by atoms with Crippen molar-refractivity contribution in [2.24, 2.45) is 0 Å². The van der Waals surface area contributed by atoms with Crippen LogP contribution < -0.4 is 14.8 Å². The van der Waals surface area contributed by atoms with Crippen molar-refractivity contribution in [2.75, 3.05) is 6.61 Å². The Bertz CT molecular complexity index is 993. The number of hydrogen-bond acceptors (Lipinski definition) is 6. The van der Waals surface area contributed by atoms with Gasteiger partial charge in [-0.05, 0) is 44.2 Å². The second kappa shape index (κ2) is 7.93. The van der Waals surface area contributed by atoms with Crippen LogP contribution in [-0.2, 0) is 17.8 Å². The van der Waals surface area contributed by atoms with E-state index in [1.54, 1.807) is 12.1 Å². The van der Waals surface area contributed by atoms with Crippen molar-refractivity contribution in [3.63, 3.8) is 0 Å². The van der Waals surface area contributed by atoms with Crippen molar-refractivity contribution >= 4 is 17.2 Å². The number of rotatable bonds is 7. The molecule has 4 rings (SSSR count). The number of fused-ring (bicyclic) bond motifs is 1. The maximum absolute atomic E-state index is 12.2. The molecule has 3 heterocycles. The van der Waals surface area contributed by atoms with E-state index in [2.05, 4.69) is 5.32 Å². The lowest BCUT2D eigenvalue weighted by atomic mass is 10.0. The number of ether oxygens (including phenoxy) is 2. The van der Waals surface area contributed by atoms with Crippen LogP contribution in [0.3, 0.4) is 0 Å². The van der Waals surface area contributed by atoms with E-state index < -0.39 is 6.10 Å². The Morgan fingerprint density at radius 2 is 2.14 bits per heavy atom. The monoisotopic (exact) mass is 413 g/mol. The average Bonchev–Trinajstić information content (AvgIpc) is 3.42. The van der Waals surface area contributed by atoms with Gasteiger partial charge in [-0.2, -0.15) is 0 Å². The number of para-hydroxylation sites is 1. The molecule has 1 aliphatic rings. The lowest BCUT2D eigenvalue weighted by Crippen LogP contribution is -2.28. The van der Waals surface area contributed by atoms with Crippen LogP contribution in [0.1, 0.15) is 41.0 Å². The lowest BCUT2D eigenvalue weighted by molar-refractivity contribution is -0.123. The van der Waals surface area contributed by atoms with E-state index in [-0.39, 0.29) is 18.1 Å². The SMILES string of the molecule is CC1(C)Cc2cccc(OCC(=O)NCc3ccc(C(O)c4ccco4)s3)c2O1. The largest absolute Gasteiger partial charge is 0.483 e. The van der Waals surface area contributed by atoms with E-state index in [1.807, 2.05) is 44.2 Å². The molecule has 0 aliphatic carbocycles. The average molecular weight is 413 g/mol. The van der Waals surface area contributed by atoms with Gasteiger partial charge in [-0.15, -0.1) is 11.3 Å². The summed E-state index contributed by atoms with van der Waals surface area (Å²) in [5.74, 6) is 1.58. The Morgan fingerprint density at radius 3 is 2.93 bits per heavy atom. The zero-order valence-electron chi connectivity index (χ0n) is 16.3. The van der Waals surface area contributed by atoms with Gasteiger partial charge in [0.2, 0.25) is 0 Å². The second-order valence-electron chi connectivity index (χ2n) is 7.57. The number of nitrogens with one attached hydrogen (secondary N) is 1. The molecule has 6 nitrogen and oxygen atoms in total. The van der Waals surface area contributed by atoms with E-state index in [0.717, 1.165) is 27.5 Å². The Balaban J connectivity index is 1.29. The topological polar surface area (TPSA) is 80.9 Å². The molecule has 1 unspecified atom stereocenters. The van der Waals surface area contributed by atoms with Crippen molar-refractivity contribution in [1.29, 1.82) is 0 Å². The number of furan rings is 1. The minimum atomic E-state index is -0.799. The molecule has 0 bridgehead atoms. The van der Waals surface area contributed by atoms with Crippen molar-refractivity contribution in [3.05, 3.63) is 69.8 Å². The molecule has 1 aliphatic heterocycles. The molecule has 3 aromatic rings. The minimum absolute atomic E-state index is 0.0898. The highest BCUT2D eigenvalue weighted by Gasteiger charge is 2.32. The van der Waals surface area contributed by atoms with Gasteiger partial charge in [0.1, 0.15) is 17.5 Å². The van der Waals surface area contributed by atoms with Gasteiger partial charge in [0.25, 0.3) is 5.91 Å². The summed E-state index contributed by atoms with van der Waals surface area (Å²) in [4.78, 5) is 13.9. The first-order valence-electron chi connectivity index (χ1n) is 9.42. The van der Waals surface area contributed by atoms with Gasteiger partial charge in [0.15, 0.2) is 18.1 Å². The minimum Gasteiger partial charge on any atom is -0.483 e. The molecule has 0 saturated carbocycles. The molecule has 1 amide bonds. The van der Waals surface area contributed by atoms with Crippen molar-refractivity contribution < 1.29 is 23.8 Å². The van der Waals surface area contributed by atoms with Crippen LogP contribution in [0.2, 0.25) is 0 Å². The van der Waals surface area contributed by atoms with Crippen LogP contribution in [-0.4, -0.2) is 23.2 Å². The Morgan fingerprint density at radius 1 is 1.28 bits per heavy atom. The zero-order chi connectivity index (χ0) is 20.4. The molecule has 7 heteroatoms. The number of aliphatic hydroxyl groups excluding tert-OH is 1. The van der Waals surface area contributed by atoms with Gasteiger partial charge in [-0.3, -0.25) is 4.79 Å². The number of carbonyl (C=O) groups excluding carboxylic acids is 1. The van der Waals surface area contributed by atoms with E-state index in [9.17, 15) is 9.90 Å². The van der Waals surface area contributed by atoms with Crippen LogP contribution in [0, 0.1) is 0 Å². The standard InChI is InChI=1S/C22H23NO5S/c1-22(2)11-14-5-3-6-17(21(14)28-22)27-13-19(24)23-12-15-8-9-18(29-15)20(25)16-7-4-10-26-16/h3-10,20,25H,11-13H2,1-2H3,(H,23,24). The number of aliphatic hydroxyl groups is 1. The number of hydrogen-bond donors (Lipinski definition) is 2. The first-order chi connectivity index (χ1) is 13.9. The van der Waals surface area contributed by atoms with Crippen LogP contribution in [0.5, 0.6) is 11.5 Å². The van der Waals surface area contributed by atoms with E-state index >= 15 is 0 Å². The Labute approximate surface area is 173 Å². The molecule has 0 saturated heterocycles. The lowest BCUT2D eigenvalue weighted by Gasteiger charge is -2.18. The summed E-state index contributed by atoms with van der Waals surface area (Å²) in [5, 5.41) is 13.1. The van der Waals surface area contributed by atoms with Gasteiger partial charge in [0, 0.05) is 21.7 Å². The number of carbonyl (C=O) groups is 1. The first kappa shape index (κ1) is 19.5. The number of benzene rings is 1. The number of amides is 1. The summed E-state index contributed by atoms with van der Waals surface area (Å²) >= 11 is 1.43. The molecule has 2 aromatic heterocycles. The van der Waals surface area contributed by atoms with E-state index in [0.29, 0.717) is 18.1 Å². The fourth-order valence-electron chi connectivity index (χ4n) is 3.30. The van der Waals surface area contributed by atoms with Gasteiger partial charge < -0.3 is 24.3 Å². The van der Waals surface area contributed by atoms with Gasteiger partial charge in [-0.1, -0.05) is 12.1 Å². The molecule has 2 N–H and O–H groups in total. The molecular weight excluding hydrogens is 390 g/mol. The van der Waals surface area contributed by atoms with Gasteiger partial charge in [0.05, 0.1) is 12.8 Å². The van der Waals surface area contributed by atoms with Gasteiger partial charge in [-0.25, -0.2) is 0 Å². The van der Waals surface area contributed by atoms with Crippen LogP contribution in [0.4, 0.5) is 0 Å². The summed E-state index contributed by atoms with van der Waals surface area (Å²) in [7, 11) is 0. The molecule has 0 fully saturated rings. The molecule has 1 atom stereocenters. The highest BCUT2D eigenvalue weighted by atomic mass is 32.1. The summed E-state index contributed by atoms with van der Waals surface area (Å²) in [5.41, 5.74) is 0.829. The van der Waals surface area contributed by atoms with Crippen LogP contribution in [0.25, 0.3) is 0 Å². The Hall–Kier alpha value is -2.77. The molecule has 0 radical (unpaired) electrons. The molecule has 152 valence electrons. The highest BCUT2D eigenvalue weighted by Crippen LogP contribution is 2.41. The quantitative estimate of drug-likeness (QED) is 0.615. The van der Waals surface area contributed by atoms with Crippen LogP contribution >= 0.6 is 11.3 Å². The first-order valence-corrected chi connectivity index (χ1v) is 10.2. The van der Waals surface area contributed by atoms with Gasteiger partial charge >= 0.3 is 0 Å². The summed E-state index contributed by atoms with van der Waals surface area (Å²) < 4.78 is 16.9. The predicted molar refractivity (Wildman–Crippen MR) is 109 cm³/mol. The highest BCUT2D eigenvalue weighted by molar-refractivity contribution is 7.12. The smallest absolute Gasteiger partial charge is 0.258 e. The third kappa shape index (κ3) is 4.46. The summed E-state index contributed by atoms with van der Waals surface area (Å²) in [6.45, 7) is 4.34. The zero-order valence-corrected chi connectivity index (χ0v) is 17.1. The Kier molecular flexibility index (Phi) is 5.34. The maximum atomic E-state index is 12.2. The van der Waals surface area contributed by atoms with Crippen LogP contribution in [0.15, 0.2) is 53.1 Å². The molecule has 0 spiro atoms. The van der Waals surface area contributed by atoms with Crippen molar-refractivity contribution in [3.8, 4) is 11.5 Å². The van der Waals surface area contributed by atoms with E-state index in [4.69, 9.17) is 13.9 Å². The maximum Gasteiger partial charge on any atom is 0.258 e. The van der Waals surface area contributed by atoms with Crippen molar-refractivity contribution in [1.82, 2.24) is 5.32 Å². The van der Waals surface area contributed by atoms with E-state index in [1.165, 1.54) is 17.6 Å². The van der Waals surface area contributed by atoms with Crippen molar-refractivity contribution in [2.45, 2.75) is 38.5 Å². The molecule has 29 heavy (non-hydrogen) atoms. The summed E-state index contributed by atoms with van der Waals surface area (Å²) in [6, 6.07) is 12.9. The predicted octanol–water partition coefficient (Wildman–Crippen LogP) is 3.83. The third-order valence-corrected chi connectivity index (χ3v) is 5.78.